The number of aromatic nitrogens is 1. The van der Waals surface area contributed by atoms with Gasteiger partial charge in [-0.05, 0) is 36.4 Å². The molecule has 0 aliphatic rings. The van der Waals surface area contributed by atoms with Gasteiger partial charge in [-0.15, -0.1) is 0 Å². The van der Waals surface area contributed by atoms with Crippen LogP contribution in [0.4, 0.5) is 79.0 Å². The van der Waals surface area contributed by atoms with E-state index in [1.165, 1.54) is 6.07 Å². The predicted octanol–water partition coefficient (Wildman–Crippen LogP) is 9.76. The normalized spacial score (nSPS) is 13.9. The number of alkyl halides is 18. The molecule has 0 unspecified atom stereocenters. The van der Waals surface area contributed by atoms with Crippen LogP contribution in [-0.4, -0.2) is 4.98 Å². The van der Waals surface area contributed by atoms with Gasteiger partial charge in [-0.2, -0.15) is 79.0 Å². The first-order valence-electron chi connectivity index (χ1n) is 11.3. The lowest BCUT2D eigenvalue weighted by Gasteiger charge is -2.31. The Morgan fingerprint density at radius 3 is 1.07 bits per heavy atom. The summed E-state index contributed by atoms with van der Waals surface area (Å²) in [5.74, 6) is 0. The number of pyridine rings is 1. The second kappa shape index (κ2) is 11.8. The minimum Gasteiger partial charge on any atom is -0.343 e. The van der Waals surface area contributed by atoms with E-state index in [-0.39, 0.29) is 0 Å². The summed E-state index contributed by atoms with van der Waals surface area (Å²) in [5.41, 5.74) is -17.8. The minimum absolute atomic E-state index is 0.520. The molecule has 1 aromatic heterocycles. The Morgan fingerprint density at radius 1 is 0.489 bits per heavy atom. The van der Waals surface area contributed by atoms with Crippen molar-refractivity contribution in [3.8, 4) is 0 Å². The van der Waals surface area contributed by atoms with Crippen LogP contribution in [0.5, 0.6) is 0 Å². The first kappa shape index (κ1) is 36.2. The first-order chi connectivity index (χ1) is 20.1. The van der Waals surface area contributed by atoms with Crippen LogP contribution in [0.15, 0.2) is 48.7 Å². The summed E-state index contributed by atoms with van der Waals surface area (Å²) in [6, 6.07) is -0.801. The Labute approximate surface area is 239 Å². The Morgan fingerprint density at radius 2 is 0.822 bits per heavy atom. The quantitative estimate of drug-likeness (QED) is 0.195. The third kappa shape index (κ3) is 8.31. The van der Waals surface area contributed by atoms with Crippen LogP contribution >= 0.6 is 8.15 Å². The molecule has 0 saturated carbocycles. The van der Waals surface area contributed by atoms with E-state index >= 15 is 0 Å². The van der Waals surface area contributed by atoms with Crippen molar-refractivity contribution in [2.45, 2.75) is 43.7 Å². The van der Waals surface area contributed by atoms with Crippen LogP contribution in [0.25, 0.3) is 0 Å². The van der Waals surface area contributed by atoms with Crippen LogP contribution in [0.3, 0.4) is 0 Å². The van der Waals surface area contributed by atoms with E-state index in [1.807, 2.05) is 0 Å². The van der Waals surface area contributed by atoms with E-state index in [1.54, 1.807) is 0 Å². The molecule has 0 aliphatic carbocycles. The van der Waals surface area contributed by atoms with Crippen molar-refractivity contribution in [2.24, 2.45) is 0 Å². The molecule has 45 heavy (non-hydrogen) atoms. The van der Waals surface area contributed by atoms with Gasteiger partial charge in [0.1, 0.15) is 0 Å². The number of nitrogens with zero attached hydrogens (tertiary/aromatic N) is 1. The van der Waals surface area contributed by atoms with Crippen LogP contribution in [0.2, 0.25) is 0 Å². The Bertz CT molecular complexity index is 1350. The fourth-order valence-electron chi connectivity index (χ4n) is 3.75. The van der Waals surface area contributed by atoms with Crippen molar-refractivity contribution >= 4 is 18.8 Å². The molecule has 248 valence electrons. The second-order valence-electron chi connectivity index (χ2n) is 8.72. The van der Waals surface area contributed by atoms with Crippen LogP contribution in [0, 0.1) is 0 Å². The van der Waals surface area contributed by atoms with Crippen LogP contribution in [0.1, 0.15) is 39.1 Å². The lowest BCUT2D eigenvalue weighted by Crippen LogP contribution is -2.36. The lowest BCUT2D eigenvalue weighted by molar-refractivity contribution is -0.149. The number of halogens is 18. The topological polar surface area (TPSA) is 22.1 Å². The van der Waals surface area contributed by atoms with Gasteiger partial charge < -0.3 is 4.52 Å². The zero-order chi connectivity index (χ0) is 34.6. The van der Waals surface area contributed by atoms with Gasteiger partial charge in [-0.1, -0.05) is 6.07 Å². The Kier molecular flexibility index (Phi) is 9.51. The second-order valence-corrected chi connectivity index (χ2v) is 10.5. The molecule has 0 saturated heterocycles. The summed E-state index contributed by atoms with van der Waals surface area (Å²) < 4.78 is 255. The largest absolute Gasteiger partial charge is 0.417 e. The van der Waals surface area contributed by atoms with E-state index in [2.05, 4.69) is 4.98 Å². The third-order valence-electron chi connectivity index (χ3n) is 5.57. The molecule has 3 rings (SSSR count). The Balaban J connectivity index is 2.66. The zero-order valence-electron chi connectivity index (χ0n) is 20.9. The maximum absolute atomic E-state index is 14.1. The number of hydrogen-bond acceptors (Lipinski definition) is 2. The minimum atomic E-state index is -6.33. The van der Waals surface area contributed by atoms with Gasteiger partial charge >= 0.3 is 37.1 Å². The molecule has 0 aliphatic heterocycles. The molecule has 0 fully saturated rings. The average molecular weight is 701 g/mol. The molecule has 0 radical (unpaired) electrons. The van der Waals surface area contributed by atoms with Gasteiger partial charge in [0.25, 0.3) is 0 Å². The molecule has 21 heteroatoms. The molecule has 0 spiro atoms. The number of rotatable bonds is 5. The van der Waals surface area contributed by atoms with E-state index < -0.39 is 126 Å². The maximum atomic E-state index is 14.1. The van der Waals surface area contributed by atoms with Crippen LogP contribution < -0.4 is 10.6 Å². The third-order valence-corrected chi connectivity index (χ3v) is 7.73. The van der Waals surface area contributed by atoms with Crippen LogP contribution in [-0.2, 0) is 48.2 Å². The molecule has 0 N–H and O–H groups in total. The average Bonchev–Trinajstić information content (AvgIpc) is 2.85. The molecule has 2 nitrogen and oxygen atoms in total. The van der Waals surface area contributed by atoms with E-state index in [9.17, 15) is 79.0 Å². The fraction of sp³-hybridized carbons (Fsp3) is 0.292. The summed E-state index contributed by atoms with van der Waals surface area (Å²) in [6.07, 6.45) is -36.3. The monoisotopic (exact) mass is 701 g/mol. The fourth-order valence-corrected chi connectivity index (χ4v) is 6.14. The lowest BCUT2D eigenvalue weighted by atomic mass is 10.0. The van der Waals surface area contributed by atoms with Gasteiger partial charge in [0, 0.05) is 16.8 Å². The van der Waals surface area contributed by atoms with Crippen molar-refractivity contribution < 1.29 is 83.6 Å². The Hall–Kier alpha value is -3.28. The standard InChI is InChI=1S/C24H10F18NOP/c25-19(26,27)10-5-13(21(31,32)33)17(14(6-10)22(34,35)36)45(44-9-12-3-1-2-4-43-12)18-15(23(37,38)39)7-11(20(28,29)30)8-16(18)24(40,41)42/h1-8H,9H2. The highest BCUT2D eigenvalue weighted by molar-refractivity contribution is 7.69. The van der Waals surface area contributed by atoms with Crippen molar-refractivity contribution in [1.29, 1.82) is 0 Å². The van der Waals surface area contributed by atoms with Gasteiger partial charge in [0.15, 0.2) is 0 Å². The van der Waals surface area contributed by atoms with E-state index in [0.717, 1.165) is 18.3 Å². The molecule has 2 aromatic carbocycles. The SMILES string of the molecule is FC(F)(F)c1cc(C(F)(F)F)c(P(OCc2ccccn2)c2c(C(F)(F)F)cc(C(F)(F)F)cc2C(F)(F)F)c(C(F)(F)F)c1. The van der Waals surface area contributed by atoms with Gasteiger partial charge in [-0.25, -0.2) is 0 Å². The number of hydrogen-bond donors (Lipinski definition) is 0. The summed E-state index contributed by atoms with van der Waals surface area (Å²) >= 11 is 0. The van der Waals surface area contributed by atoms with Gasteiger partial charge in [0.2, 0.25) is 0 Å². The van der Waals surface area contributed by atoms with E-state index in [0.29, 0.717) is 0 Å². The highest BCUT2D eigenvalue weighted by atomic mass is 31.1. The van der Waals surface area contributed by atoms with Gasteiger partial charge in [-0.3, -0.25) is 4.98 Å². The summed E-state index contributed by atoms with van der Waals surface area (Å²) in [5, 5.41) is -5.30. The number of benzene rings is 2. The van der Waals surface area contributed by atoms with Crippen molar-refractivity contribution in [3.63, 3.8) is 0 Å². The summed E-state index contributed by atoms with van der Waals surface area (Å²) in [6.45, 7) is -1.45. The molecular formula is C24H10F18NOP. The van der Waals surface area contributed by atoms with Crippen molar-refractivity contribution in [3.05, 3.63) is 87.7 Å². The highest BCUT2D eigenvalue weighted by Crippen LogP contribution is 2.52. The molecule has 1 heterocycles. The molecule has 3 aromatic rings. The zero-order valence-corrected chi connectivity index (χ0v) is 21.8. The highest BCUT2D eigenvalue weighted by Gasteiger charge is 2.52. The van der Waals surface area contributed by atoms with E-state index in [4.69, 9.17) is 4.52 Å². The first-order valence-corrected chi connectivity index (χ1v) is 12.5. The van der Waals surface area contributed by atoms with Crippen molar-refractivity contribution in [2.75, 3.05) is 0 Å². The van der Waals surface area contributed by atoms with Crippen molar-refractivity contribution in [1.82, 2.24) is 4.98 Å². The summed E-state index contributed by atoms with van der Waals surface area (Å²) in [7, 11) is -4.87. The molecule has 0 amide bonds. The maximum Gasteiger partial charge on any atom is 0.417 e. The molecule has 0 bridgehead atoms. The molecular weight excluding hydrogens is 691 g/mol. The summed E-state index contributed by atoms with van der Waals surface area (Å²) in [4.78, 5) is 3.51. The molecule has 0 atom stereocenters. The predicted molar refractivity (Wildman–Crippen MR) is 118 cm³/mol. The smallest absolute Gasteiger partial charge is 0.343 e. The van der Waals surface area contributed by atoms with Gasteiger partial charge in [0.05, 0.1) is 53.8 Å².